The number of aryl methyl sites for hydroxylation is 2. The fourth-order valence-corrected chi connectivity index (χ4v) is 3.44. The lowest BCUT2D eigenvalue weighted by atomic mass is 10.1. The van der Waals surface area contributed by atoms with Crippen molar-refractivity contribution >= 4 is 22.8 Å². The molecule has 2 heterocycles. The number of aromatic nitrogens is 2. The van der Waals surface area contributed by atoms with E-state index < -0.39 is 11.9 Å². The first-order valence-corrected chi connectivity index (χ1v) is 10.2. The summed E-state index contributed by atoms with van der Waals surface area (Å²) in [6.07, 6.45) is 2.86. The Bertz CT molecular complexity index is 900. The summed E-state index contributed by atoms with van der Waals surface area (Å²) in [5.74, 6) is -0.724. The summed E-state index contributed by atoms with van der Waals surface area (Å²) in [6, 6.07) is 5.12. The van der Waals surface area contributed by atoms with Crippen molar-refractivity contribution in [1.29, 1.82) is 0 Å². The number of ether oxygens (including phenoxy) is 1. The van der Waals surface area contributed by atoms with Crippen molar-refractivity contribution in [3.8, 4) is 0 Å². The van der Waals surface area contributed by atoms with Crippen molar-refractivity contribution in [2.75, 3.05) is 19.8 Å². The van der Waals surface area contributed by atoms with Crippen LogP contribution in [-0.2, 0) is 27.8 Å². The maximum atomic E-state index is 12.7. The molecule has 29 heavy (non-hydrogen) atoms. The highest BCUT2D eigenvalue weighted by Gasteiger charge is 2.31. The average Bonchev–Trinajstić information content (AvgIpc) is 2.97. The summed E-state index contributed by atoms with van der Waals surface area (Å²) in [7, 11) is 1.69. The maximum absolute atomic E-state index is 12.7. The second-order valence-electron chi connectivity index (χ2n) is 6.79. The highest BCUT2D eigenvalue weighted by atomic mass is 16.5. The van der Waals surface area contributed by atoms with Gasteiger partial charge in [0.2, 0.25) is 11.8 Å². The molecule has 8 heteroatoms. The topological polar surface area (TPSA) is 103 Å². The quantitative estimate of drug-likeness (QED) is 0.514. The fraction of sp³-hybridized carbons (Fsp3) is 0.571. The summed E-state index contributed by atoms with van der Waals surface area (Å²) in [5.41, 5.74) is 2.29. The zero-order valence-electron chi connectivity index (χ0n) is 17.4. The molecule has 1 aliphatic heterocycles. The molecule has 0 aliphatic carbocycles. The zero-order valence-corrected chi connectivity index (χ0v) is 17.4. The van der Waals surface area contributed by atoms with E-state index in [0.29, 0.717) is 31.6 Å². The predicted octanol–water partition coefficient (Wildman–Crippen LogP) is 1.68. The number of piperidine rings is 1. The number of carbonyl (C=O) groups is 2. The van der Waals surface area contributed by atoms with Crippen molar-refractivity contribution in [1.82, 2.24) is 14.5 Å². The number of nitrogens with zero attached hydrogens (tertiary/aromatic N) is 2. The third-order valence-corrected chi connectivity index (χ3v) is 4.88. The fourth-order valence-electron chi connectivity index (χ4n) is 3.44. The number of carbonyl (C=O) groups excluding carboxylic acids is 2. The Morgan fingerprint density at radius 3 is 2.55 bits per heavy atom. The predicted molar refractivity (Wildman–Crippen MR) is 111 cm³/mol. The van der Waals surface area contributed by atoms with Crippen LogP contribution in [0.4, 0.5) is 0 Å². The molecule has 2 amide bonds. The van der Waals surface area contributed by atoms with Crippen LogP contribution >= 0.6 is 0 Å². The van der Waals surface area contributed by atoms with Gasteiger partial charge in [-0.05, 0) is 43.4 Å². The Kier molecular flexibility index (Phi) is 8.60. The number of amides is 2. The molecule has 0 radical (unpaired) electrons. The van der Waals surface area contributed by atoms with Crippen LogP contribution in [0.3, 0.4) is 0 Å². The summed E-state index contributed by atoms with van der Waals surface area (Å²) in [4.78, 5) is 36.3. The Balaban J connectivity index is 0.00000145. The number of imidazole rings is 1. The van der Waals surface area contributed by atoms with E-state index in [0.717, 1.165) is 23.9 Å². The lowest BCUT2D eigenvalue weighted by Gasteiger charge is -2.21. The first-order chi connectivity index (χ1) is 14.0. The smallest absolute Gasteiger partial charge is 0.329 e. The molecule has 1 atom stereocenters. The average molecular weight is 405 g/mol. The molecule has 1 aliphatic rings. The van der Waals surface area contributed by atoms with Crippen molar-refractivity contribution in [2.45, 2.75) is 52.0 Å². The van der Waals surface area contributed by atoms with Crippen LogP contribution in [0.2, 0.25) is 0 Å². The normalized spacial score (nSPS) is 16.5. The molecule has 0 bridgehead atoms. The number of nitrogens with one attached hydrogen (secondary N) is 1. The second-order valence-corrected chi connectivity index (χ2v) is 6.79. The summed E-state index contributed by atoms with van der Waals surface area (Å²) >= 11 is 0. The number of imide groups is 1. The van der Waals surface area contributed by atoms with Gasteiger partial charge in [0.25, 0.3) is 0 Å². The van der Waals surface area contributed by atoms with E-state index in [2.05, 4.69) is 5.32 Å². The lowest BCUT2D eigenvalue weighted by Crippen LogP contribution is -2.44. The van der Waals surface area contributed by atoms with Gasteiger partial charge in [-0.2, -0.15) is 0 Å². The van der Waals surface area contributed by atoms with E-state index in [-0.39, 0.29) is 24.6 Å². The summed E-state index contributed by atoms with van der Waals surface area (Å²) in [5, 5.41) is 11.0. The minimum absolute atomic E-state index is 0.134. The minimum Gasteiger partial charge on any atom is -0.396 e. The van der Waals surface area contributed by atoms with E-state index in [4.69, 9.17) is 9.84 Å². The molecule has 8 nitrogen and oxygen atoms in total. The minimum atomic E-state index is -0.662. The van der Waals surface area contributed by atoms with Gasteiger partial charge in [-0.1, -0.05) is 19.9 Å². The molecule has 1 fully saturated rings. The van der Waals surface area contributed by atoms with Crippen LogP contribution in [0.25, 0.3) is 11.0 Å². The Morgan fingerprint density at radius 2 is 1.86 bits per heavy atom. The van der Waals surface area contributed by atoms with Gasteiger partial charge >= 0.3 is 5.69 Å². The van der Waals surface area contributed by atoms with Gasteiger partial charge in [-0.3, -0.25) is 24.0 Å². The number of benzene rings is 1. The zero-order chi connectivity index (χ0) is 21.4. The summed E-state index contributed by atoms with van der Waals surface area (Å²) < 4.78 is 8.47. The van der Waals surface area contributed by atoms with E-state index in [1.54, 1.807) is 11.6 Å². The molecule has 1 aromatic heterocycles. The second kappa shape index (κ2) is 10.9. The monoisotopic (exact) mass is 405 g/mol. The van der Waals surface area contributed by atoms with E-state index in [1.165, 1.54) is 4.57 Å². The van der Waals surface area contributed by atoms with Gasteiger partial charge in [0.05, 0.1) is 11.0 Å². The van der Waals surface area contributed by atoms with Crippen LogP contribution in [0, 0.1) is 0 Å². The highest BCUT2D eigenvalue weighted by Crippen LogP contribution is 2.24. The van der Waals surface area contributed by atoms with Crippen LogP contribution in [0.15, 0.2) is 23.0 Å². The van der Waals surface area contributed by atoms with E-state index in [1.807, 2.05) is 32.0 Å². The summed E-state index contributed by atoms with van der Waals surface area (Å²) in [6.45, 7) is 5.31. The molecule has 1 saturated heterocycles. The molecule has 1 aromatic carbocycles. The number of hydrogen-bond acceptors (Lipinski definition) is 5. The van der Waals surface area contributed by atoms with Crippen LogP contribution in [-0.4, -0.2) is 45.9 Å². The molecular formula is C21H31N3O5. The molecule has 2 aromatic rings. The van der Waals surface area contributed by atoms with Crippen LogP contribution in [0.5, 0.6) is 0 Å². The maximum Gasteiger partial charge on any atom is 0.329 e. The number of fused-ring (bicyclic) bond motifs is 1. The standard InChI is InChI=1S/C19H25N3O5.C2H6/c1-21-16-12-13(4-2-10-27-11-3-9-23)5-6-14(16)22(19(21)26)15-7-8-17(24)20-18(15)25;1-2/h5-6,12,15,23H,2-4,7-11H2,1H3,(H,20,24,25);1-2H3. The largest absolute Gasteiger partial charge is 0.396 e. The number of hydrogen-bond donors (Lipinski definition) is 2. The van der Waals surface area contributed by atoms with Crippen LogP contribution in [0.1, 0.15) is 51.1 Å². The molecule has 3 rings (SSSR count). The molecule has 1 unspecified atom stereocenters. The van der Waals surface area contributed by atoms with Crippen molar-refractivity contribution in [3.05, 3.63) is 34.2 Å². The number of aliphatic hydroxyl groups excluding tert-OH is 1. The highest BCUT2D eigenvalue weighted by molar-refractivity contribution is 6.00. The molecular weight excluding hydrogens is 374 g/mol. The van der Waals surface area contributed by atoms with Crippen molar-refractivity contribution in [3.63, 3.8) is 0 Å². The van der Waals surface area contributed by atoms with Gasteiger partial charge in [0.1, 0.15) is 6.04 Å². The van der Waals surface area contributed by atoms with Crippen LogP contribution < -0.4 is 11.0 Å². The number of aliphatic hydroxyl groups is 1. The molecule has 0 spiro atoms. The third-order valence-electron chi connectivity index (χ3n) is 4.88. The third kappa shape index (κ3) is 5.33. The van der Waals surface area contributed by atoms with Gasteiger partial charge in [-0.25, -0.2) is 4.79 Å². The lowest BCUT2D eigenvalue weighted by molar-refractivity contribution is -0.135. The molecule has 160 valence electrons. The molecule has 2 N–H and O–H groups in total. The van der Waals surface area contributed by atoms with Gasteiger partial charge in [-0.15, -0.1) is 0 Å². The Hall–Kier alpha value is -2.45. The first kappa shape index (κ1) is 22.8. The SMILES string of the molecule is CC.Cn1c(=O)n(C2CCC(=O)NC2=O)c2ccc(CCCOCCCO)cc21. The van der Waals surface area contributed by atoms with Crippen molar-refractivity contribution < 1.29 is 19.4 Å². The van der Waals surface area contributed by atoms with Gasteiger partial charge in [0, 0.05) is 33.3 Å². The number of rotatable bonds is 8. The first-order valence-electron chi connectivity index (χ1n) is 10.2. The van der Waals surface area contributed by atoms with E-state index in [9.17, 15) is 14.4 Å². The van der Waals surface area contributed by atoms with Gasteiger partial charge in [0.15, 0.2) is 0 Å². The van der Waals surface area contributed by atoms with Crippen molar-refractivity contribution in [2.24, 2.45) is 7.05 Å². The Morgan fingerprint density at radius 1 is 1.14 bits per heavy atom. The van der Waals surface area contributed by atoms with E-state index >= 15 is 0 Å². The molecule has 0 saturated carbocycles. The Labute approximate surface area is 170 Å². The van der Waals surface area contributed by atoms with Gasteiger partial charge < -0.3 is 9.84 Å².